The van der Waals surface area contributed by atoms with Gasteiger partial charge in [-0.1, -0.05) is 12.1 Å². The quantitative estimate of drug-likeness (QED) is 0.704. The molecule has 1 aromatic carbocycles. The molecule has 2 aromatic heterocycles. The zero-order valence-corrected chi connectivity index (χ0v) is 13.0. The molecule has 0 bridgehead atoms. The summed E-state index contributed by atoms with van der Waals surface area (Å²) in [7, 11) is 0. The van der Waals surface area contributed by atoms with Gasteiger partial charge in [0.2, 0.25) is 0 Å². The van der Waals surface area contributed by atoms with Crippen molar-refractivity contribution in [3.8, 4) is 0 Å². The number of benzene rings is 1. The van der Waals surface area contributed by atoms with E-state index in [9.17, 15) is 9.18 Å². The van der Waals surface area contributed by atoms with E-state index in [1.54, 1.807) is 10.6 Å². The molecule has 3 rings (SSSR count). The summed E-state index contributed by atoms with van der Waals surface area (Å²) in [5, 5.41) is 0. The van der Waals surface area contributed by atoms with Crippen molar-refractivity contribution in [2.24, 2.45) is 0 Å². The minimum absolute atomic E-state index is 0.244. The molecule has 2 heterocycles. The fraction of sp³-hybridized carbons (Fsp3) is 0.143. The van der Waals surface area contributed by atoms with Crippen LogP contribution in [-0.4, -0.2) is 9.55 Å². The molecule has 0 radical (unpaired) electrons. The molecule has 3 nitrogen and oxygen atoms in total. The summed E-state index contributed by atoms with van der Waals surface area (Å²) in [5.41, 5.74) is 1.97. The second-order valence-electron chi connectivity index (χ2n) is 4.54. The van der Waals surface area contributed by atoms with Crippen LogP contribution in [0.5, 0.6) is 0 Å². The Morgan fingerprint density at radius 2 is 2.20 bits per heavy atom. The highest BCUT2D eigenvalue weighted by Crippen LogP contribution is 2.27. The second-order valence-corrected chi connectivity index (χ2v) is 6.97. The number of thiophene rings is 1. The highest BCUT2D eigenvalue weighted by Gasteiger charge is 2.10. The van der Waals surface area contributed by atoms with Crippen LogP contribution in [0.1, 0.15) is 11.1 Å². The maximum absolute atomic E-state index is 13.9. The Labute approximate surface area is 126 Å². The van der Waals surface area contributed by atoms with Crippen LogP contribution in [0.4, 0.5) is 4.39 Å². The Balaban J connectivity index is 2.11. The lowest BCUT2D eigenvalue weighted by Gasteiger charge is -2.09. The van der Waals surface area contributed by atoms with Crippen molar-refractivity contribution in [3.05, 3.63) is 61.7 Å². The van der Waals surface area contributed by atoms with Crippen molar-refractivity contribution in [2.45, 2.75) is 13.5 Å². The number of hydrogen-bond acceptors (Lipinski definition) is 3. The van der Waals surface area contributed by atoms with Crippen molar-refractivity contribution >= 4 is 37.5 Å². The van der Waals surface area contributed by atoms with E-state index >= 15 is 0 Å². The predicted molar refractivity (Wildman–Crippen MR) is 81.8 cm³/mol. The second kappa shape index (κ2) is 5.10. The predicted octanol–water partition coefficient (Wildman–Crippen LogP) is 3.72. The normalized spacial score (nSPS) is 11.2. The smallest absolute Gasteiger partial charge is 0.290 e. The lowest BCUT2D eigenvalue weighted by molar-refractivity contribution is 0.599. The van der Waals surface area contributed by atoms with Gasteiger partial charge in [0.25, 0.3) is 5.56 Å². The molecule has 6 heteroatoms. The third-order valence-electron chi connectivity index (χ3n) is 3.05. The number of aryl methyl sites for hydroxylation is 1. The van der Waals surface area contributed by atoms with E-state index in [0.29, 0.717) is 16.8 Å². The summed E-state index contributed by atoms with van der Waals surface area (Å²) in [6.07, 6.45) is 1.46. The number of rotatable bonds is 2. The molecule has 20 heavy (non-hydrogen) atoms. The summed E-state index contributed by atoms with van der Waals surface area (Å²) in [4.78, 5) is 15.5. The SMILES string of the molecule is Cc1ccc(Cn2cnc(=O)c3sc(Br)cc32)c(F)c1. The number of hydrogen-bond donors (Lipinski definition) is 0. The van der Waals surface area contributed by atoms with Gasteiger partial charge in [-0.3, -0.25) is 4.79 Å². The molecule has 0 N–H and O–H groups in total. The Morgan fingerprint density at radius 1 is 1.40 bits per heavy atom. The van der Waals surface area contributed by atoms with Gasteiger partial charge in [0, 0.05) is 5.56 Å². The highest BCUT2D eigenvalue weighted by atomic mass is 79.9. The molecule has 0 unspecified atom stereocenters. The van der Waals surface area contributed by atoms with Crippen LogP contribution in [0.25, 0.3) is 10.2 Å². The number of aromatic nitrogens is 2. The molecule has 3 aromatic rings. The van der Waals surface area contributed by atoms with E-state index in [1.165, 1.54) is 23.7 Å². The summed E-state index contributed by atoms with van der Waals surface area (Å²) < 4.78 is 17.1. The first-order chi connectivity index (χ1) is 9.54. The van der Waals surface area contributed by atoms with Crippen molar-refractivity contribution in [2.75, 3.05) is 0 Å². The van der Waals surface area contributed by atoms with Gasteiger partial charge in [0.05, 0.1) is 22.2 Å². The van der Waals surface area contributed by atoms with Crippen LogP contribution in [0.2, 0.25) is 0 Å². The van der Waals surface area contributed by atoms with Crippen LogP contribution >= 0.6 is 27.3 Å². The Bertz CT molecular complexity index is 856. The molecule has 0 aliphatic carbocycles. The van der Waals surface area contributed by atoms with Crippen molar-refractivity contribution in [1.82, 2.24) is 9.55 Å². The molecule has 0 saturated carbocycles. The summed E-state index contributed by atoms with van der Waals surface area (Å²) in [5.74, 6) is -0.244. The third kappa shape index (κ3) is 2.41. The van der Waals surface area contributed by atoms with E-state index in [2.05, 4.69) is 20.9 Å². The molecule has 0 saturated heterocycles. The molecule has 0 fully saturated rings. The van der Waals surface area contributed by atoms with Crippen LogP contribution in [0.3, 0.4) is 0 Å². The van der Waals surface area contributed by atoms with E-state index in [1.807, 2.05) is 19.1 Å². The van der Waals surface area contributed by atoms with Crippen molar-refractivity contribution in [3.63, 3.8) is 0 Å². The maximum Gasteiger partial charge on any atom is 0.290 e. The molecule has 0 aliphatic heterocycles. The average Bonchev–Trinajstić information content (AvgIpc) is 2.78. The van der Waals surface area contributed by atoms with Gasteiger partial charge in [-0.25, -0.2) is 4.39 Å². The Kier molecular flexibility index (Phi) is 3.43. The fourth-order valence-electron chi connectivity index (χ4n) is 2.05. The number of nitrogens with zero attached hydrogens (tertiary/aromatic N) is 2. The topological polar surface area (TPSA) is 34.9 Å². The molecule has 0 spiro atoms. The standard InChI is InChI=1S/C14H10BrFN2OS/c1-8-2-3-9(10(16)4-8)6-18-7-17-14(19)13-11(18)5-12(15)20-13/h2-5,7H,6H2,1H3. The molecule has 0 amide bonds. The molecular weight excluding hydrogens is 343 g/mol. The van der Waals surface area contributed by atoms with Crippen LogP contribution in [-0.2, 0) is 6.54 Å². The minimum atomic E-state index is -0.253. The lowest BCUT2D eigenvalue weighted by Crippen LogP contribution is -2.11. The Morgan fingerprint density at radius 3 is 2.95 bits per heavy atom. The van der Waals surface area contributed by atoms with Crippen LogP contribution in [0, 0.1) is 12.7 Å². The van der Waals surface area contributed by atoms with Crippen molar-refractivity contribution < 1.29 is 4.39 Å². The molecule has 102 valence electrons. The number of fused-ring (bicyclic) bond motifs is 1. The Hall–Kier alpha value is -1.53. The van der Waals surface area contributed by atoms with Crippen LogP contribution in [0.15, 0.2) is 39.2 Å². The van der Waals surface area contributed by atoms with Gasteiger partial charge >= 0.3 is 0 Å². The summed E-state index contributed by atoms with van der Waals surface area (Å²) in [6, 6.07) is 6.99. The van der Waals surface area contributed by atoms with E-state index in [0.717, 1.165) is 14.9 Å². The van der Waals surface area contributed by atoms with Gasteiger partial charge in [-0.2, -0.15) is 4.98 Å². The van der Waals surface area contributed by atoms with Gasteiger partial charge in [-0.15, -0.1) is 11.3 Å². The lowest BCUT2D eigenvalue weighted by atomic mass is 10.1. The van der Waals surface area contributed by atoms with Gasteiger partial charge in [0.1, 0.15) is 10.5 Å². The van der Waals surface area contributed by atoms with Gasteiger partial charge < -0.3 is 4.57 Å². The monoisotopic (exact) mass is 352 g/mol. The molecule has 0 atom stereocenters. The first kappa shape index (κ1) is 13.5. The zero-order valence-electron chi connectivity index (χ0n) is 10.6. The van der Waals surface area contributed by atoms with E-state index < -0.39 is 0 Å². The average molecular weight is 353 g/mol. The van der Waals surface area contributed by atoms with Gasteiger partial charge in [0.15, 0.2) is 0 Å². The largest absolute Gasteiger partial charge is 0.326 e. The zero-order chi connectivity index (χ0) is 14.3. The maximum atomic E-state index is 13.9. The number of halogens is 2. The molecule has 0 aliphatic rings. The summed E-state index contributed by atoms with van der Waals surface area (Å²) >= 11 is 4.70. The third-order valence-corrected chi connectivity index (χ3v) is 4.66. The van der Waals surface area contributed by atoms with E-state index in [4.69, 9.17) is 0 Å². The minimum Gasteiger partial charge on any atom is -0.326 e. The summed E-state index contributed by atoms with van der Waals surface area (Å²) in [6.45, 7) is 2.20. The molecular formula is C14H10BrFN2OS. The van der Waals surface area contributed by atoms with Crippen LogP contribution < -0.4 is 5.56 Å². The van der Waals surface area contributed by atoms with Crippen molar-refractivity contribution in [1.29, 1.82) is 0 Å². The fourth-order valence-corrected chi connectivity index (χ4v) is 3.54. The first-order valence-electron chi connectivity index (χ1n) is 5.94. The first-order valence-corrected chi connectivity index (χ1v) is 7.55. The van der Waals surface area contributed by atoms with Gasteiger partial charge in [-0.05, 0) is 40.5 Å². The highest BCUT2D eigenvalue weighted by molar-refractivity contribution is 9.11. The van der Waals surface area contributed by atoms with E-state index in [-0.39, 0.29) is 11.4 Å².